The van der Waals surface area contributed by atoms with Crippen molar-refractivity contribution >= 4 is 23.2 Å². The lowest BCUT2D eigenvalue weighted by atomic mass is 10.0. The fraction of sp³-hybridized carbons (Fsp3) is 0.429. The van der Waals surface area contributed by atoms with E-state index in [2.05, 4.69) is 10.2 Å². The lowest BCUT2D eigenvalue weighted by molar-refractivity contribution is 0.258. The summed E-state index contributed by atoms with van der Waals surface area (Å²) in [6, 6.07) is 3.48. The van der Waals surface area contributed by atoms with Gasteiger partial charge in [0.25, 0.3) is 5.89 Å². The van der Waals surface area contributed by atoms with Crippen molar-refractivity contribution in [2.24, 2.45) is 5.73 Å². The molecule has 0 fully saturated rings. The van der Waals surface area contributed by atoms with Crippen LogP contribution in [0, 0.1) is 6.92 Å². The average molecular weight is 330 g/mol. The predicted molar refractivity (Wildman–Crippen MR) is 81.8 cm³/mol. The predicted octanol–water partition coefficient (Wildman–Crippen LogP) is 3.54. The van der Waals surface area contributed by atoms with Gasteiger partial charge in [-0.1, -0.05) is 30.1 Å². The Bertz CT molecular complexity index is 616. The van der Waals surface area contributed by atoms with Gasteiger partial charge in [-0.15, -0.1) is 10.2 Å². The van der Waals surface area contributed by atoms with Crippen LogP contribution in [-0.2, 0) is 13.0 Å². The Morgan fingerprint density at radius 1 is 1.33 bits per heavy atom. The minimum absolute atomic E-state index is 0.0209. The number of aryl methyl sites for hydroxylation is 1. The molecule has 2 N–H and O–H groups in total. The second-order valence-corrected chi connectivity index (χ2v) is 5.60. The van der Waals surface area contributed by atoms with Crippen LogP contribution in [0.3, 0.4) is 0 Å². The zero-order chi connectivity index (χ0) is 15.4. The Kier molecular flexibility index (Phi) is 5.45. The molecule has 0 aliphatic rings. The normalized spacial score (nSPS) is 12.4. The monoisotopic (exact) mass is 329 g/mol. The number of nitrogens with zero attached hydrogens (tertiary/aromatic N) is 2. The third-order valence-electron chi connectivity index (χ3n) is 3.00. The molecule has 2 rings (SSSR count). The average Bonchev–Trinajstić information content (AvgIpc) is 2.83. The Morgan fingerprint density at radius 3 is 2.71 bits per heavy atom. The highest BCUT2D eigenvalue weighted by molar-refractivity contribution is 6.35. The molecule has 114 valence electrons. The third-order valence-corrected chi connectivity index (χ3v) is 3.50. The smallest absolute Gasteiger partial charge is 0.253 e. The first-order chi connectivity index (χ1) is 9.99. The van der Waals surface area contributed by atoms with E-state index in [1.807, 2.05) is 13.0 Å². The number of hydrogen-bond donors (Lipinski definition) is 1. The number of hydrogen-bond acceptors (Lipinski definition) is 5. The molecular weight excluding hydrogens is 313 g/mol. The summed E-state index contributed by atoms with van der Waals surface area (Å²) in [5.41, 5.74) is 6.88. The highest BCUT2D eigenvalue weighted by atomic mass is 35.5. The van der Waals surface area contributed by atoms with Crippen molar-refractivity contribution in [3.05, 3.63) is 39.5 Å². The maximum Gasteiger partial charge on any atom is 0.253 e. The summed E-state index contributed by atoms with van der Waals surface area (Å²) in [5.74, 6) is 1.44. The zero-order valence-electron chi connectivity index (χ0n) is 11.9. The molecule has 0 saturated carbocycles. The minimum Gasteiger partial charge on any atom is -0.482 e. The summed E-state index contributed by atoms with van der Waals surface area (Å²) in [5, 5.41) is 8.62. The lowest BCUT2D eigenvalue weighted by Gasteiger charge is -2.15. The van der Waals surface area contributed by atoms with E-state index in [9.17, 15) is 0 Å². The van der Waals surface area contributed by atoms with Gasteiger partial charge in [-0.2, -0.15) is 0 Å². The first-order valence-corrected chi connectivity index (χ1v) is 7.40. The van der Waals surface area contributed by atoms with Crippen molar-refractivity contribution in [1.82, 2.24) is 10.2 Å². The van der Waals surface area contributed by atoms with Gasteiger partial charge in [-0.25, -0.2) is 0 Å². The van der Waals surface area contributed by atoms with Crippen molar-refractivity contribution in [1.29, 1.82) is 0 Å². The third kappa shape index (κ3) is 4.33. The molecule has 0 spiro atoms. The first kappa shape index (κ1) is 16.1. The Labute approximate surface area is 133 Å². The van der Waals surface area contributed by atoms with Crippen LogP contribution in [0.15, 0.2) is 16.5 Å². The second-order valence-electron chi connectivity index (χ2n) is 4.75. The summed E-state index contributed by atoms with van der Waals surface area (Å²) in [6.45, 7) is 3.90. The number of aromatic nitrogens is 2. The molecule has 1 aromatic carbocycles. The van der Waals surface area contributed by atoms with E-state index in [1.165, 1.54) is 0 Å². The van der Waals surface area contributed by atoms with E-state index in [0.717, 1.165) is 12.0 Å². The van der Waals surface area contributed by atoms with Crippen LogP contribution in [0.4, 0.5) is 0 Å². The van der Waals surface area contributed by atoms with E-state index < -0.39 is 0 Å². The molecule has 21 heavy (non-hydrogen) atoms. The molecular formula is C14H17Cl2N3O2. The van der Waals surface area contributed by atoms with Crippen molar-refractivity contribution in [2.45, 2.75) is 39.3 Å². The van der Waals surface area contributed by atoms with E-state index in [4.69, 9.17) is 38.1 Å². The number of halogens is 2. The number of ether oxygens (including phenoxy) is 1. The summed E-state index contributed by atoms with van der Waals surface area (Å²) < 4.78 is 11.0. The van der Waals surface area contributed by atoms with Crippen LogP contribution < -0.4 is 10.5 Å². The van der Waals surface area contributed by atoms with Crippen molar-refractivity contribution < 1.29 is 9.15 Å². The highest BCUT2D eigenvalue weighted by Crippen LogP contribution is 2.33. The minimum atomic E-state index is 0.0209. The first-order valence-electron chi connectivity index (χ1n) is 6.64. The molecule has 0 aliphatic carbocycles. The van der Waals surface area contributed by atoms with Crippen LogP contribution in [-0.4, -0.2) is 16.2 Å². The molecule has 1 atom stereocenters. The van der Waals surface area contributed by atoms with Gasteiger partial charge in [0.2, 0.25) is 5.89 Å². The van der Waals surface area contributed by atoms with E-state index in [1.54, 1.807) is 13.0 Å². The van der Waals surface area contributed by atoms with E-state index in [0.29, 0.717) is 34.0 Å². The van der Waals surface area contributed by atoms with E-state index >= 15 is 0 Å². The molecule has 5 nitrogen and oxygen atoms in total. The standard InChI is InChI=1S/C14H17Cl2N3O2/c1-3-11(17)5-9-4-10(15)6-12(16)14(9)20-7-13-19-18-8(2)21-13/h4,6,11H,3,5,7,17H2,1-2H3. The Morgan fingerprint density at radius 2 is 2.10 bits per heavy atom. The molecule has 2 aromatic rings. The fourth-order valence-electron chi connectivity index (χ4n) is 1.88. The number of benzene rings is 1. The lowest BCUT2D eigenvalue weighted by Crippen LogP contribution is -2.21. The fourth-order valence-corrected chi connectivity index (χ4v) is 2.47. The molecule has 0 aliphatic heterocycles. The summed E-state index contributed by atoms with van der Waals surface area (Å²) in [6.07, 6.45) is 1.49. The van der Waals surface area contributed by atoms with Crippen LogP contribution in [0.2, 0.25) is 10.0 Å². The zero-order valence-corrected chi connectivity index (χ0v) is 13.4. The molecule has 1 heterocycles. The van der Waals surface area contributed by atoms with Crippen LogP contribution in [0.5, 0.6) is 5.75 Å². The molecule has 1 unspecified atom stereocenters. The topological polar surface area (TPSA) is 74.2 Å². The molecule has 0 bridgehead atoms. The summed E-state index contributed by atoms with van der Waals surface area (Å²) in [7, 11) is 0. The van der Waals surface area contributed by atoms with Gasteiger partial charge in [0.15, 0.2) is 6.61 Å². The summed E-state index contributed by atoms with van der Waals surface area (Å²) in [4.78, 5) is 0. The molecule has 1 aromatic heterocycles. The molecule has 0 amide bonds. The van der Waals surface area contributed by atoms with Crippen molar-refractivity contribution in [2.75, 3.05) is 0 Å². The van der Waals surface area contributed by atoms with Crippen LogP contribution in [0.1, 0.15) is 30.7 Å². The van der Waals surface area contributed by atoms with Gasteiger partial charge in [0.1, 0.15) is 5.75 Å². The van der Waals surface area contributed by atoms with Gasteiger partial charge < -0.3 is 14.9 Å². The molecule has 0 radical (unpaired) electrons. The van der Waals surface area contributed by atoms with Crippen LogP contribution in [0.25, 0.3) is 0 Å². The number of rotatable bonds is 6. The number of nitrogens with two attached hydrogens (primary N) is 1. The second kappa shape index (κ2) is 7.11. The van der Waals surface area contributed by atoms with Gasteiger partial charge >= 0.3 is 0 Å². The van der Waals surface area contributed by atoms with Crippen molar-refractivity contribution in [3.8, 4) is 5.75 Å². The molecule has 7 heteroatoms. The quantitative estimate of drug-likeness (QED) is 0.877. The molecule has 0 saturated heterocycles. The largest absolute Gasteiger partial charge is 0.482 e. The van der Waals surface area contributed by atoms with E-state index in [-0.39, 0.29) is 12.6 Å². The van der Waals surface area contributed by atoms with Gasteiger partial charge in [-0.05, 0) is 30.5 Å². The maximum atomic E-state index is 6.22. The van der Waals surface area contributed by atoms with Gasteiger partial charge in [0.05, 0.1) is 5.02 Å². The van der Waals surface area contributed by atoms with Gasteiger partial charge in [-0.3, -0.25) is 0 Å². The summed E-state index contributed by atoms with van der Waals surface area (Å²) >= 11 is 12.3. The Balaban J connectivity index is 2.19. The highest BCUT2D eigenvalue weighted by Gasteiger charge is 2.15. The van der Waals surface area contributed by atoms with Gasteiger partial charge in [0, 0.05) is 18.0 Å². The maximum absolute atomic E-state index is 6.22. The van der Waals surface area contributed by atoms with Crippen LogP contribution >= 0.6 is 23.2 Å². The SMILES string of the molecule is CCC(N)Cc1cc(Cl)cc(Cl)c1OCc1nnc(C)o1. The Hall–Kier alpha value is -1.30. The van der Waals surface area contributed by atoms with Crippen molar-refractivity contribution in [3.63, 3.8) is 0 Å².